The van der Waals surface area contributed by atoms with E-state index in [-0.39, 0.29) is 22.6 Å². The molecule has 1 unspecified atom stereocenters. The zero-order valence-corrected chi connectivity index (χ0v) is 17.2. The van der Waals surface area contributed by atoms with E-state index in [9.17, 15) is 13.2 Å². The summed E-state index contributed by atoms with van der Waals surface area (Å²) in [5, 5.41) is 3.89. The molecule has 0 bridgehead atoms. The van der Waals surface area contributed by atoms with Gasteiger partial charge >= 0.3 is 0 Å². The largest absolute Gasteiger partial charge is 0.459 e. The lowest BCUT2D eigenvalue weighted by molar-refractivity contribution is 0.0935. The van der Waals surface area contributed by atoms with Crippen molar-refractivity contribution >= 4 is 26.7 Å². The van der Waals surface area contributed by atoms with E-state index in [1.165, 1.54) is 0 Å². The predicted molar refractivity (Wildman–Crippen MR) is 116 cm³/mol. The Bertz CT molecular complexity index is 1260. The predicted octanol–water partition coefficient (Wildman–Crippen LogP) is 4.90. The minimum Gasteiger partial charge on any atom is -0.459 e. The molecule has 1 atom stereocenters. The molecule has 3 aromatic carbocycles. The van der Waals surface area contributed by atoms with Crippen LogP contribution in [0.25, 0.3) is 11.0 Å². The van der Waals surface area contributed by atoms with E-state index in [2.05, 4.69) is 5.32 Å². The highest BCUT2D eigenvalue weighted by Crippen LogP contribution is 2.24. The molecule has 0 aliphatic rings. The highest BCUT2D eigenvalue weighted by molar-refractivity contribution is 7.90. The Labute approximate surface area is 175 Å². The van der Waals surface area contributed by atoms with Gasteiger partial charge in [-0.15, -0.1) is 0 Å². The standard InChI is InChI=1S/C24H21NO4S/c1-17(23-15-19-9-5-6-13-22(19)29-23)25-24(26)20-10-7-8-18(14-20)16-30(27,28)21-11-3-2-4-12-21/h2-15,17H,16H2,1H3,(H,25,26). The molecule has 5 nitrogen and oxygen atoms in total. The van der Waals surface area contributed by atoms with Crippen molar-refractivity contribution in [3.63, 3.8) is 0 Å². The third-order valence-corrected chi connectivity index (χ3v) is 6.57. The van der Waals surface area contributed by atoms with E-state index in [1.54, 1.807) is 54.6 Å². The van der Waals surface area contributed by atoms with Crippen LogP contribution in [0.2, 0.25) is 0 Å². The number of sulfone groups is 1. The average molecular weight is 420 g/mol. The Morgan fingerprint density at radius 2 is 1.67 bits per heavy atom. The monoisotopic (exact) mass is 419 g/mol. The first-order chi connectivity index (χ1) is 14.4. The summed E-state index contributed by atoms with van der Waals surface area (Å²) in [6.45, 7) is 1.85. The van der Waals surface area contributed by atoms with Crippen LogP contribution in [0, 0.1) is 0 Å². The molecular formula is C24H21NO4S. The molecule has 0 aliphatic carbocycles. The first kappa shape index (κ1) is 19.9. The van der Waals surface area contributed by atoms with Crippen molar-refractivity contribution in [1.29, 1.82) is 0 Å². The Balaban J connectivity index is 1.49. The van der Waals surface area contributed by atoms with Crippen LogP contribution in [0.5, 0.6) is 0 Å². The average Bonchev–Trinajstić information content (AvgIpc) is 3.19. The third-order valence-electron chi connectivity index (χ3n) is 4.87. The van der Waals surface area contributed by atoms with Crippen molar-refractivity contribution < 1.29 is 17.6 Å². The highest BCUT2D eigenvalue weighted by Gasteiger charge is 2.18. The maximum absolute atomic E-state index is 12.7. The Morgan fingerprint density at radius 3 is 2.43 bits per heavy atom. The molecule has 0 saturated heterocycles. The second-order valence-electron chi connectivity index (χ2n) is 7.15. The minimum absolute atomic E-state index is 0.169. The van der Waals surface area contributed by atoms with Gasteiger partial charge in [0.05, 0.1) is 16.7 Å². The van der Waals surface area contributed by atoms with Gasteiger partial charge in [0.1, 0.15) is 11.3 Å². The number of furan rings is 1. The third kappa shape index (κ3) is 4.28. The number of para-hydroxylation sites is 1. The number of carbonyl (C=O) groups excluding carboxylic acids is 1. The van der Waals surface area contributed by atoms with Gasteiger partial charge < -0.3 is 9.73 Å². The lowest BCUT2D eigenvalue weighted by Crippen LogP contribution is -2.26. The zero-order chi connectivity index (χ0) is 21.1. The van der Waals surface area contributed by atoms with E-state index in [0.29, 0.717) is 16.9 Å². The van der Waals surface area contributed by atoms with Gasteiger partial charge in [0, 0.05) is 10.9 Å². The summed E-state index contributed by atoms with van der Waals surface area (Å²) in [5.41, 5.74) is 1.73. The van der Waals surface area contributed by atoms with Gasteiger partial charge in [-0.3, -0.25) is 4.79 Å². The smallest absolute Gasteiger partial charge is 0.251 e. The van der Waals surface area contributed by atoms with Gasteiger partial charge in [-0.05, 0) is 48.9 Å². The maximum atomic E-state index is 12.7. The molecule has 1 aromatic heterocycles. The molecule has 0 radical (unpaired) electrons. The van der Waals surface area contributed by atoms with Crippen molar-refractivity contribution in [2.24, 2.45) is 0 Å². The molecule has 4 aromatic rings. The molecule has 4 rings (SSSR count). The Kier molecular flexibility index (Phi) is 5.42. The van der Waals surface area contributed by atoms with E-state index in [0.717, 1.165) is 11.0 Å². The fourth-order valence-electron chi connectivity index (χ4n) is 3.30. The molecule has 1 amide bonds. The second-order valence-corrected chi connectivity index (χ2v) is 9.14. The Morgan fingerprint density at radius 1 is 0.933 bits per heavy atom. The van der Waals surface area contributed by atoms with Crippen LogP contribution in [0.15, 0.2) is 94.2 Å². The normalized spacial score (nSPS) is 12.6. The zero-order valence-electron chi connectivity index (χ0n) is 16.4. The highest BCUT2D eigenvalue weighted by atomic mass is 32.2. The van der Waals surface area contributed by atoms with E-state index in [1.807, 2.05) is 37.3 Å². The lowest BCUT2D eigenvalue weighted by atomic mass is 10.1. The summed E-state index contributed by atoms with van der Waals surface area (Å²) in [6, 6.07) is 24.2. The SMILES string of the molecule is CC(NC(=O)c1cccc(CS(=O)(=O)c2ccccc2)c1)c1cc2ccccc2o1. The molecule has 1 heterocycles. The molecule has 152 valence electrons. The molecule has 0 spiro atoms. The summed E-state index contributed by atoms with van der Waals surface area (Å²) in [4.78, 5) is 13.0. The van der Waals surface area contributed by atoms with E-state index in [4.69, 9.17) is 4.42 Å². The van der Waals surface area contributed by atoms with Gasteiger partial charge in [0.15, 0.2) is 9.84 Å². The summed E-state index contributed by atoms with van der Waals surface area (Å²) in [7, 11) is -3.48. The number of hydrogen-bond acceptors (Lipinski definition) is 4. The number of benzene rings is 3. The van der Waals surface area contributed by atoms with Crippen molar-refractivity contribution in [2.75, 3.05) is 0 Å². The van der Waals surface area contributed by atoms with Gasteiger partial charge in [0.2, 0.25) is 0 Å². The Hall–Kier alpha value is -3.38. The van der Waals surface area contributed by atoms with Crippen LogP contribution in [0.1, 0.15) is 34.6 Å². The minimum atomic E-state index is -3.48. The lowest BCUT2D eigenvalue weighted by Gasteiger charge is -2.12. The van der Waals surface area contributed by atoms with Gasteiger partial charge in [-0.1, -0.05) is 48.5 Å². The molecule has 0 aliphatic heterocycles. The van der Waals surface area contributed by atoms with Gasteiger partial charge in [-0.2, -0.15) is 0 Å². The molecule has 30 heavy (non-hydrogen) atoms. The summed E-state index contributed by atoms with van der Waals surface area (Å²) < 4.78 is 31.0. The van der Waals surface area contributed by atoms with E-state index >= 15 is 0 Å². The number of fused-ring (bicyclic) bond motifs is 1. The number of rotatable bonds is 6. The number of nitrogens with one attached hydrogen (secondary N) is 1. The summed E-state index contributed by atoms with van der Waals surface area (Å²) in [6.07, 6.45) is 0. The molecule has 0 saturated carbocycles. The topological polar surface area (TPSA) is 76.4 Å². The van der Waals surface area contributed by atoms with Crippen molar-refractivity contribution in [3.05, 3.63) is 102 Å². The molecule has 6 heteroatoms. The molecule has 1 N–H and O–H groups in total. The van der Waals surface area contributed by atoms with Crippen LogP contribution >= 0.6 is 0 Å². The van der Waals surface area contributed by atoms with E-state index < -0.39 is 9.84 Å². The second kappa shape index (κ2) is 8.16. The van der Waals surface area contributed by atoms with Crippen LogP contribution in [0.4, 0.5) is 0 Å². The van der Waals surface area contributed by atoms with Crippen LogP contribution in [-0.2, 0) is 15.6 Å². The number of carbonyl (C=O) groups is 1. The van der Waals surface area contributed by atoms with Crippen molar-refractivity contribution in [1.82, 2.24) is 5.32 Å². The fraction of sp³-hybridized carbons (Fsp3) is 0.125. The van der Waals surface area contributed by atoms with Crippen LogP contribution < -0.4 is 5.32 Å². The van der Waals surface area contributed by atoms with Crippen LogP contribution in [0.3, 0.4) is 0 Å². The maximum Gasteiger partial charge on any atom is 0.251 e. The molecule has 0 fully saturated rings. The summed E-state index contributed by atoms with van der Waals surface area (Å²) >= 11 is 0. The number of hydrogen-bond donors (Lipinski definition) is 1. The first-order valence-electron chi connectivity index (χ1n) is 9.58. The first-order valence-corrected chi connectivity index (χ1v) is 11.2. The van der Waals surface area contributed by atoms with Gasteiger partial charge in [0.25, 0.3) is 5.91 Å². The number of amides is 1. The summed E-state index contributed by atoms with van der Waals surface area (Å²) in [5.74, 6) is 0.200. The van der Waals surface area contributed by atoms with Crippen LogP contribution in [-0.4, -0.2) is 14.3 Å². The quantitative estimate of drug-likeness (QED) is 0.482. The van der Waals surface area contributed by atoms with Crippen molar-refractivity contribution in [2.45, 2.75) is 23.6 Å². The molecular weight excluding hydrogens is 398 g/mol. The van der Waals surface area contributed by atoms with Crippen molar-refractivity contribution in [3.8, 4) is 0 Å². The fourth-order valence-corrected chi connectivity index (χ4v) is 4.66. The van der Waals surface area contributed by atoms with Gasteiger partial charge in [-0.25, -0.2) is 8.42 Å².